The zero-order valence-corrected chi connectivity index (χ0v) is 12.8. The van der Waals surface area contributed by atoms with Crippen molar-refractivity contribution in [2.75, 3.05) is 11.9 Å². The lowest BCUT2D eigenvalue weighted by atomic mass is 9.78. The zero-order valence-electron chi connectivity index (χ0n) is 12.1. The summed E-state index contributed by atoms with van der Waals surface area (Å²) in [4.78, 5) is 4.27. The lowest BCUT2D eigenvalue weighted by Gasteiger charge is -2.43. The Labute approximate surface area is 130 Å². The standard InChI is InChI=1S/C16H20ClN3O/c17-13-4-5-15(20-14(13)11-18)19-12-6-9-21-16(10-12)7-2-1-3-8-16/h4-5,12H,1-3,6-10H2,(H,19,20). The van der Waals surface area contributed by atoms with Crippen molar-refractivity contribution in [3.05, 3.63) is 22.8 Å². The van der Waals surface area contributed by atoms with Gasteiger partial charge in [-0.1, -0.05) is 30.9 Å². The molecule has 1 atom stereocenters. The summed E-state index contributed by atoms with van der Waals surface area (Å²) < 4.78 is 6.10. The van der Waals surface area contributed by atoms with Gasteiger partial charge in [-0.05, 0) is 37.8 Å². The molecule has 2 fully saturated rings. The number of hydrogen-bond acceptors (Lipinski definition) is 4. The molecule has 3 rings (SSSR count). The molecule has 112 valence electrons. The van der Waals surface area contributed by atoms with Crippen LogP contribution in [0.1, 0.15) is 50.6 Å². The van der Waals surface area contributed by atoms with Gasteiger partial charge in [-0.25, -0.2) is 4.98 Å². The molecule has 0 amide bonds. The van der Waals surface area contributed by atoms with Crippen molar-refractivity contribution in [3.8, 4) is 6.07 Å². The van der Waals surface area contributed by atoms with Crippen LogP contribution in [0.2, 0.25) is 5.02 Å². The van der Waals surface area contributed by atoms with Crippen molar-refractivity contribution in [3.63, 3.8) is 0 Å². The maximum atomic E-state index is 9.00. The Hall–Kier alpha value is -1.31. The van der Waals surface area contributed by atoms with E-state index in [9.17, 15) is 0 Å². The molecule has 1 N–H and O–H groups in total. The molecular formula is C16H20ClN3O. The topological polar surface area (TPSA) is 57.9 Å². The van der Waals surface area contributed by atoms with Crippen molar-refractivity contribution < 1.29 is 4.74 Å². The molecule has 1 spiro atoms. The van der Waals surface area contributed by atoms with Crippen LogP contribution < -0.4 is 5.32 Å². The minimum atomic E-state index is 0.0681. The highest BCUT2D eigenvalue weighted by atomic mass is 35.5. The van der Waals surface area contributed by atoms with Crippen molar-refractivity contribution in [2.24, 2.45) is 0 Å². The molecule has 1 unspecified atom stereocenters. The summed E-state index contributed by atoms with van der Waals surface area (Å²) in [5.41, 5.74) is 0.347. The molecule has 1 aliphatic heterocycles. The average Bonchev–Trinajstić information content (AvgIpc) is 2.50. The SMILES string of the molecule is N#Cc1nc(NC2CCOC3(CCCCC3)C2)ccc1Cl. The monoisotopic (exact) mass is 305 g/mol. The van der Waals surface area contributed by atoms with E-state index in [1.54, 1.807) is 6.07 Å². The first kappa shape index (κ1) is 14.6. The number of halogens is 1. The fraction of sp³-hybridized carbons (Fsp3) is 0.625. The van der Waals surface area contributed by atoms with Crippen LogP contribution in [0.15, 0.2) is 12.1 Å². The predicted octanol–water partition coefficient (Wildman–Crippen LogP) is 3.90. The smallest absolute Gasteiger partial charge is 0.161 e. The van der Waals surface area contributed by atoms with Crippen LogP contribution in [0.5, 0.6) is 0 Å². The fourth-order valence-electron chi connectivity index (χ4n) is 3.51. The van der Waals surface area contributed by atoms with Gasteiger partial charge in [-0.2, -0.15) is 5.26 Å². The number of rotatable bonds is 2. The van der Waals surface area contributed by atoms with Crippen molar-refractivity contribution >= 4 is 17.4 Å². The summed E-state index contributed by atoms with van der Waals surface area (Å²) in [6.45, 7) is 0.802. The Morgan fingerprint density at radius 3 is 2.90 bits per heavy atom. The van der Waals surface area contributed by atoms with Gasteiger partial charge in [-0.15, -0.1) is 0 Å². The van der Waals surface area contributed by atoms with Crippen LogP contribution in [0, 0.1) is 11.3 Å². The van der Waals surface area contributed by atoms with Crippen molar-refractivity contribution in [1.82, 2.24) is 4.98 Å². The Morgan fingerprint density at radius 1 is 1.33 bits per heavy atom. The first-order valence-corrected chi connectivity index (χ1v) is 8.06. The van der Waals surface area contributed by atoms with Gasteiger partial charge in [-0.3, -0.25) is 0 Å². The van der Waals surface area contributed by atoms with Gasteiger partial charge >= 0.3 is 0 Å². The van der Waals surface area contributed by atoms with Gasteiger partial charge in [0.1, 0.15) is 11.9 Å². The highest BCUT2D eigenvalue weighted by Gasteiger charge is 2.38. The molecule has 21 heavy (non-hydrogen) atoms. The second kappa shape index (κ2) is 6.21. The second-order valence-electron chi connectivity index (χ2n) is 6.06. The number of aromatic nitrogens is 1. The number of nitrogens with one attached hydrogen (secondary N) is 1. The van der Waals surface area contributed by atoms with Crippen LogP contribution in [-0.2, 0) is 4.74 Å². The molecule has 1 aliphatic carbocycles. The van der Waals surface area contributed by atoms with Gasteiger partial charge in [0, 0.05) is 12.6 Å². The number of nitriles is 1. The van der Waals surface area contributed by atoms with Gasteiger partial charge in [0.25, 0.3) is 0 Å². The maximum absolute atomic E-state index is 9.00. The van der Waals surface area contributed by atoms with Crippen LogP contribution in [-0.4, -0.2) is 23.2 Å². The Morgan fingerprint density at radius 2 is 2.14 bits per heavy atom. The van der Waals surface area contributed by atoms with Crippen LogP contribution in [0.3, 0.4) is 0 Å². The Balaban J connectivity index is 1.68. The van der Waals surface area contributed by atoms with Gasteiger partial charge in [0.05, 0.1) is 10.6 Å². The highest BCUT2D eigenvalue weighted by Crippen LogP contribution is 2.39. The maximum Gasteiger partial charge on any atom is 0.161 e. The van der Waals surface area contributed by atoms with E-state index in [4.69, 9.17) is 21.6 Å². The molecule has 0 radical (unpaired) electrons. The van der Waals surface area contributed by atoms with E-state index >= 15 is 0 Å². The molecule has 2 heterocycles. The lowest BCUT2D eigenvalue weighted by Crippen LogP contribution is -2.45. The lowest BCUT2D eigenvalue weighted by molar-refractivity contribution is -0.103. The summed E-state index contributed by atoms with van der Waals surface area (Å²) in [7, 11) is 0. The fourth-order valence-corrected chi connectivity index (χ4v) is 3.65. The van der Waals surface area contributed by atoms with Gasteiger partial charge < -0.3 is 10.1 Å². The summed E-state index contributed by atoms with van der Waals surface area (Å²) in [6.07, 6.45) is 8.21. The van der Waals surface area contributed by atoms with E-state index < -0.39 is 0 Å². The van der Waals surface area contributed by atoms with Crippen molar-refractivity contribution in [1.29, 1.82) is 5.26 Å². The summed E-state index contributed by atoms with van der Waals surface area (Å²) in [6, 6.07) is 5.95. The molecule has 5 heteroatoms. The number of pyridine rings is 1. The molecule has 1 saturated carbocycles. The van der Waals surface area contributed by atoms with E-state index in [1.807, 2.05) is 12.1 Å². The van der Waals surface area contributed by atoms with Crippen LogP contribution in [0.4, 0.5) is 5.82 Å². The third-order valence-electron chi connectivity index (χ3n) is 4.56. The average molecular weight is 306 g/mol. The van der Waals surface area contributed by atoms with E-state index in [2.05, 4.69) is 10.3 Å². The number of ether oxygens (including phenoxy) is 1. The zero-order chi connectivity index (χ0) is 14.7. The Kier molecular flexibility index (Phi) is 4.32. The molecule has 2 aliphatic rings. The van der Waals surface area contributed by atoms with Gasteiger partial charge in [0.2, 0.25) is 0 Å². The third-order valence-corrected chi connectivity index (χ3v) is 4.87. The van der Waals surface area contributed by atoms with Crippen molar-refractivity contribution in [2.45, 2.75) is 56.6 Å². The summed E-state index contributed by atoms with van der Waals surface area (Å²) in [5.74, 6) is 0.730. The Bertz CT molecular complexity index is 543. The largest absolute Gasteiger partial charge is 0.375 e. The van der Waals surface area contributed by atoms with E-state index in [0.717, 1.165) is 25.3 Å². The molecular weight excluding hydrogens is 286 g/mol. The first-order chi connectivity index (χ1) is 10.2. The van der Waals surface area contributed by atoms with Gasteiger partial charge in [0.15, 0.2) is 5.69 Å². The third kappa shape index (κ3) is 3.30. The van der Waals surface area contributed by atoms with E-state index in [1.165, 1.54) is 32.1 Å². The number of anilines is 1. The molecule has 1 aromatic rings. The number of hydrogen-bond donors (Lipinski definition) is 1. The van der Waals surface area contributed by atoms with E-state index in [0.29, 0.717) is 11.1 Å². The predicted molar refractivity (Wildman–Crippen MR) is 82.4 cm³/mol. The van der Waals surface area contributed by atoms with Crippen LogP contribution >= 0.6 is 11.6 Å². The normalized spacial score (nSPS) is 24.5. The molecule has 0 bridgehead atoms. The molecule has 1 saturated heterocycles. The summed E-state index contributed by atoms with van der Waals surface area (Å²) >= 11 is 5.92. The van der Waals surface area contributed by atoms with Crippen LogP contribution in [0.25, 0.3) is 0 Å². The molecule has 0 aromatic carbocycles. The minimum Gasteiger partial charge on any atom is -0.375 e. The second-order valence-corrected chi connectivity index (χ2v) is 6.47. The highest BCUT2D eigenvalue weighted by molar-refractivity contribution is 6.31. The molecule has 4 nitrogen and oxygen atoms in total. The summed E-state index contributed by atoms with van der Waals surface area (Å²) in [5, 5.41) is 12.9. The first-order valence-electron chi connectivity index (χ1n) is 7.68. The minimum absolute atomic E-state index is 0.0681. The molecule has 1 aromatic heterocycles. The number of nitrogens with zero attached hydrogens (tertiary/aromatic N) is 2. The quantitative estimate of drug-likeness (QED) is 0.900. The van der Waals surface area contributed by atoms with E-state index in [-0.39, 0.29) is 11.3 Å².